The van der Waals surface area contributed by atoms with E-state index < -0.39 is 9.84 Å². The molecule has 2 rings (SSSR count). The molecule has 0 saturated heterocycles. The lowest BCUT2D eigenvalue weighted by Gasteiger charge is -2.23. The smallest absolute Gasteiger partial charge is 0.238 e. The van der Waals surface area contributed by atoms with E-state index in [1.807, 2.05) is 0 Å². The molecule has 0 bridgehead atoms. The minimum Gasteiger partial charge on any atom is -0.324 e. The van der Waals surface area contributed by atoms with Gasteiger partial charge in [-0.1, -0.05) is 63.6 Å². The summed E-state index contributed by atoms with van der Waals surface area (Å²) in [5, 5.41) is 6.30. The first kappa shape index (κ1) is 24.4. The summed E-state index contributed by atoms with van der Waals surface area (Å²) in [6.07, 6.45) is 2.21. The summed E-state index contributed by atoms with van der Waals surface area (Å²) in [6, 6.07) is 12.8. The molecule has 0 spiro atoms. The van der Waals surface area contributed by atoms with Crippen molar-refractivity contribution in [1.82, 2.24) is 5.32 Å². The lowest BCUT2D eigenvalue weighted by molar-refractivity contribution is -0.115. The molecule has 0 fully saturated rings. The second-order valence-corrected chi connectivity index (χ2v) is 10.5. The first-order valence-corrected chi connectivity index (χ1v) is 12.4. The van der Waals surface area contributed by atoms with Crippen molar-refractivity contribution in [2.75, 3.05) is 18.1 Å². The van der Waals surface area contributed by atoms with E-state index in [-0.39, 0.29) is 40.0 Å². The number of carbonyl (C=O) groups excluding carboxylic acids is 1. The minimum atomic E-state index is -3.39. The Balaban J connectivity index is 2.07. The number of halogens is 1. The molecule has 0 aliphatic rings. The van der Waals surface area contributed by atoms with Crippen LogP contribution < -0.4 is 10.6 Å². The molecule has 1 amide bonds. The van der Waals surface area contributed by atoms with Gasteiger partial charge in [0, 0.05) is 12.3 Å². The van der Waals surface area contributed by atoms with Crippen molar-refractivity contribution in [2.45, 2.75) is 51.0 Å². The van der Waals surface area contributed by atoms with Crippen LogP contribution in [0, 0.1) is 5.92 Å². The maximum atomic E-state index is 12.5. The van der Waals surface area contributed by atoms with E-state index >= 15 is 0 Å². The molecule has 0 saturated carbocycles. The highest BCUT2D eigenvalue weighted by atomic mass is 35.5. The maximum absolute atomic E-state index is 12.5. The van der Waals surface area contributed by atoms with Crippen LogP contribution in [0.15, 0.2) is 47.4 Å². The fraction of sp³-hybridized carbons (Fsp3) is 0.435. The Hall–Kier alpha value is -1.89. The average molecular weight is 451 g/mol. The van der Waals surface area contributed by atoms with Gasteiger partial charge in [-0.25, -0.2) is 8.42 Å². The predicted octanol–water partition coefficient (Wildman–Crippen LogP) is 5.18. The zero-order valence-electron chi connectivity index (χ0n) is 18.2. The maximum Gasteiger partial charge on any atom is 0.238 e. The Bertz CT molecular complexity index is 972. The van der Waals surface area contributed by atoms with Gasteiger partial charge in [-0.05, 0) is 47.6 Å². The van der Waals surface area contributed by atoms with Crippen molar-refractivity contribution in [1.29, 1.82) is 0 Å². The van der Waals surface area contributed by atoms with Gasteiger partial charge in [0.1, 0.15) is 0 Å². The molecule has 2 N–H and O–H groups in total. The molecular formula is C23H31ClN2O3S. The van der Waals surface area contributed by atoms with E-state index in [2.05, 4.69) is 62.6 Å². The van der Waals surface area contributed by atoms with Crippen molar-refractivity contribution < 1.29 is 13.2 Å². The van der Waals surface area contributed by atoms with E-state index in [1.165, 1.54) is 23.8 Å². The SMILES string of the molecule is CC[C@H](C)c1ccc([C@@H](NCC(=O)Nc2cc(S(C)(=O)=O)ccc2Cl)C(C)C)cc1. The second-order valence-electron chi connectivity index (χ2n) is 8.04. The van der Waals surface area contributed by atoms with Crippen LogP contribution in [-0.4, -0.2) is 27.1 Å². The highest BCUT2D eigenvalue weighted by Crippen LogP contribution is 2.27. The molecular weight excluding hydrogens is 420 g/mol. The number of benzene rings is 2. The van der Waals surface area contributed by atoms with Crippen LogP contribution in [0.4, 0.5) is 5.69 Å². The van der Waals surface area contributed by atoms with E-state index in [0.717, 1.165) is 18.2 Å². The van der Waals surface area contributed by atoms with E-state index in [1.54, 1.807) is 0 Å². The molecule has 5 nitrogen and oxygen atoms in total. The van der Waals surface area contributed by atoms with Crippen molar-refractivity contribution >= 4 is 33.0 Å². The van der Waals surface area contributed by atoms with Gasteiger partial charge >= 0.3 is 0 Å². The summed E-state index contributed by atoms with van der Waals surface area (Å²) in [5.74, 6) is 0.511. The Kier molecular flexibility index (Phi) is 8.47. The first-order chi connectivity index (χ1) is 14.0. The zero-order chi connectivity index (χ0) is 22.5. The third kappa shape index (κ3) is 6.56. The van der Waals surface area contributed by atoms with Crippen LogP contribution in [0.5, 0.6) is 0 Å². The molecule has 0 radical (unpaired) electrons. The monoisotopic (exact) mass is 450 g/mol. The number of hydrogen-bond donors (Lipinski definition) is 2. The number of amides is 1. The van der Waals surface area contributed by atoms with Crippen LogP contribution in [0.2, 0.25) is 5.02 Å². The third-order valence-electron chi connectivity index (χ3n) is 5.27. The Morgan fingerprint density at radius 2 is 1.63 bits per heavy atom. The van der Waals surface area contributed by atoms with Gasteiger partial charge < -0.3 is 10.6 Å². The van der Waals surface area contributed by atoms with Gasteiger partial charge in [0.2, 0.25) is 5.91 Å². The van der Waals surface area contributed by atoms with Crippen molar-refractivity contribution in [3.8, 4) is 0 Å². The topological polar surface area (TPSA) is 75.3 Å². The zero-order valence-corrected chi connectivity index (χ0v) is 19.8. The number of carbonyl (C=O) groups is 1. The van der Waals surface area contributed by atoms with Crippen molar-refractivity contribution in [2.24, 2.45) is 5.92 Å². The quantitative estimate of drug-likeness (QED) is 0.551. The number of anilines is 1. The van der Waals surface area contributed by atoms with Gasteiger partial charge in [0.25, 0.3) is 0 Å². The second kappa shape index (κ2) is 10.4. The van der Waals surface area contributed by atoms with Gasteiger partial charge in [-0.3, -0.25) is 4.79 Å². The lowest BCUT2D eigenvalue weighted by atomic mass is 9.92. The third-order valence-corrected chi connectivity index (χ3v) is 6.71. The minimum absolute atomic E-state index is 0.0135. The standard InChI is InChI=1S/C23H31ClN2O3S/c1-6-16(4)17-7-9-18(10-8-17)23(15(2)3)25-14-22(27)26-21-13-19(30(5,28)29)11-12-20(21)24/h7-13,15-16,23,25H,6,14H2,1-5H3,(H,26,27)/t16-,23-/m0/s1. The summed E-state index contributed by atoms with van der Waals surface area (Å²) in [4.78, 5) is 12.6. The molecule has 0 aromatic heterocycles. The highest BCUT2D eigenvalue weighted by molar-refractivity contribution is 7.90. The summed E-state index contributed by atoms with van der Waals surface area (Å²) in [6.45, 7) is 8.67. The molecule has 7 heteroatoms. The predicted molar refractivity (Wildman–Crippen MR) is 124 cm³/mol. The molecule has 2 aromatic carbocycles. The van der Waals surface area contributed by atoms with E-state index in [4.69, 9.17) is 11.6 Å². The van der Waals surface area contributed by atoms with Crippen molar-refractivity contribution in [3.63, 3.8) is 0 Å². The van der Waals surface area contributed by atoms with Crippen LogP contribution >= 0.6 is 11.6 Å². The van der Waals surface area contributed by atoms with Gasteiger partial charge in [0.15, 0.2) is 9.84 Å². The number of rotatable bonds is 9. The summed E-state index contributed by atoms with van der Waals surface area (Å²) in [7, 11) is -3.39. The van der Waals surface area contributed by atoms with Gasteiger partial charge in [-0.2, -0.15) is 0 Å². The van der Waals surface area contributed by atoms with Gasteiger partial charge in [0.05, 0.1) is 22.2 Å². The Labute approximate surface area is 185 Å². The normalized spacial score (nSPS) is 13.8. The molecule has 2 aromatic rings. The molecule has 30 heavy (non-hydrogen) atoms. The Morgan fingerprint density at radius 1 is 1.03 bits per heavy atom. The fourth-order valence-electron chi connectivity index (χ4n) is 3.23. The average Bonchev–Trinajstić information content (AvgIpc) is 2.68. The van der Waals surface area contributed by atoms with E-state index in [0.29, 0.717) is 5.92 Å². The Morgan fingerprint density at radius 3 is 2.17 bits per heavy atom. The fourth-order valence-corrected chi connectivity index (χ4v) is 4.05. The van der Waals surface area contributed by atoms with E-state index in [9.17, 15) is 13.2 Å². The molecule has 0 aliphatic heterocycles. The van der Waals surface area contributed by atoms with Crippen LogP contribution in [0.3, 0.4) is 0 Å². The largest absolute Gasteiger partial charge is 0.324 e. The number of hydrogen-bond acceptors (Lipinski definition) is 4. The highest BCUT2D eigenvalue weighted by Gasteiger charge is 2.18. The number of sulfone groups is 1. The summed E-state index contributed by atoms with van der Waals surface area (Å²) >= 11 is 6.12. The number of nitrogens with one attached hydrogen (secondary N) is 2. The molecule has 164 valence electrons. The van der Waals surface area contributed by atoms with Crippen LogP contribution in [-0.2, 0) is 14.6 Å². The molecule has 0 heterocycles. The summed E-state index contributed by atoms with van der Waals surface area (Å²) in [5.41, 5.74) is 2.72. The molecule has 0 unspecified atom stereocenters. The van der Waals surface area contributed by atoms with Crippen molar-refractivity contribution in [3.05, 3.63) is 58.6 Å². The first-order valence-electron chi connectivity index (χ1n) is 10.2. The summed E-state index contributed by atoms with van der Waals surface area (Å²) < 4.78 is 23.5. The molecule has 2 atom stereocenters. The molecule has 0 aliphatic carbocycles. The van der Waals surface area contributed by atoms with Crippen LogP contribution in [0.25, 0.3) is 0 Å². The van der Waals surface area contributed by atoms with Crippen LogP contribution in [0.1, 0.15) is 57.2 Å². The van der Waals surface area contributed by atoms with Gasteiger partial charge in [-0.15, -0.1) is 0 Å². The lowest BCUT2D eigenvalue weighted by Crippen LogP contribution is -2.33.